The number of aromatic nitrogens is 5. The Labute approximate surface area is 142 Å². The number of aromatic amines is 1. The van der Waals surface area contributed by atoms with Crippen LogP contribution in [0.4, 0.5) is 0 Å². The van der Waals surface area contributed by atoms with Crippen molar-refractivity contribution in [1.82, 2.24) is 30.5 Å². The Bertz CT molecular complexity index is 857. The van der Waals surface area contributed by atoms with Gasteiger partial charge in [0.25, 0.3) is 5.91 Å². The van der Waals surface area contributed by atoms with Gasteiger partial charge < -0.3 is 5.32 Å². The molecule has 0 saturated heterocycles. The second-order valence-corrected chi connectivity index (χ2v) is 6.46. The third-order valence-electron chi connectivity index (χ3n) is 4.00. The van der Waals surface area contributed by atoms with Crippen LogP contribution in [0.1, 0.15) is 33.9 Å². The lowest BCUT2D eigenvalue weighted by Gasteiger charge is -2.02. The smallest absolute Gasteiger partial charge is 0.272 e. The summed E-state index contributed by atoms with van der Waals surface area (Å²) in [4.78, 5) is 25.2. The molecule has 0 atom stereocenters. The van der Waals surface area contributed by atoms with E-state index in [0.717, 1.165) is 41.2 Å². The van der Waals surface area contributed by atoms with Crippen molar-refractivity contribution in [2.24, 2.45) is 0 Å². The summed E-state index contributed by atoms with van der Waals surface area (Å²) in [7, 11) is 0. The van der Waals surface area contributed by atoms with Crippen LogP contribution < -0.4 is 5.32 Å². The van der Waals surface area contributed by atoms with Crippen LogP contribution in [0.5, 0.6) is 0 Å². The lowest BCUT2D eigenvalue weighted by molar-refractivity contribution is 0.0948. The molecule has 122 valence electrons. The van der Waals surface area contributed by atoms with Crippen LogP contribution in [0.15, 0.2) is 23.8 Å². The highest BCUT2D eigenvalue weighted by Gasteiger charge is 2.22. The Morgan fingerprint density at radius 1 is 1.29 bits per heavy atom. The van der Waals surface area contributed by atoms with Gasteiger partial charge in [-0.15, -0.1) is 11.3 Å². The predicted octanol–water partition coefficient (Wildman–Crippen LogP) is 1.78. The van der Waals surface area contributed by atoms with E-state index in [4.69, 9.17) is 0 Å². The molecule has 24 heavy (non-hydrogen) atoms. The van der Waals surface area contributed by atoms with E-state index in [9.17, 15) is 4.79 Å². The summed E-state index contributed by atoms with van der Waals surface area (Å²) in [6.07, 6.45) is 7.08. The molecular formula is C16H16N6OS. The van der Waals surface area contributed by atoms with Gasteiger partial charge in [0.1, 0.15) is 0 Å². The number of aryl methyl sites for hydroxylation is 1. The monoisotopic (exact) mass is 340 g/mol. The zero-order valence-corrected chi connectivity index (χ0v) is 13.8. The number of rotatable bonds is 5. The van der Waals surface area contributed by atoms with Crippen molar-refractivity contribution >= 4 is 17.2 Å². The van der Waals surface area contributed by atoms with Crippen LogP contribution in [-0.4, -0.2) is 37.6 Å². The largest absolute Gasteiger partial charge is 0.350 e. The quantitative estimate of drug-likeness (QED) is 0.738. The van der Waals surface area contributed by atoms with Gasteiger partial charge in [-0.3, -0.25) is 9.89 Å². The number of amides is 1. The molecule has 0 saturated carbocycles. The third-order valence-corrected chi connectivity index (χ3v) is 4.88. The Morgan fingerprint density at radius 2 is 2.17 bits per heavy atom. The fourth-order valence-electron chi connectivity index (χ4n) is 2.83. The fourth-order valence-corrected chi connectivity index (χ4v) is 3.63. The molecule has 0 radical (unpaired) electrons. The molecule has 0 bridgehead atoms. The highest BCUT2D eigenvalue weighted by molar-refractivity contribution is 7.13. The molecule has 4 rings (SSSR count). The third kappa shape index (κ3) is 2.92. The Balaban J connectivity index is 1.34. The van der Waals surface area contributed by atoms with Gasteiger partial charge >= 0.3 is 0 Å². The Hall–Kier alpha value is -2.61. The summed E-state index contributed by atoms with van der Waals surface area (Å²) in [5.74, 6) is 0.515. The maximum atomic E-state index is 12.3. The van der Waals surface area contributed by atoms with Gasteiger partial charge in [-0.05, 0) is 25.3 Å². The molecule has 1 amide bonds. The first-order valence-corrected chi connectivity index (χ1v) is 8.75. The van der Waals surface area contributed by atoms with Crippen LogP contribution in [0.2, 0.25) is 0 Å². The summed E-state index contributed by atoms with van der Waals surface area (Å²) in [5.41, 5.74) is 3.64. The number of carbonyl (C=O) groups is 1. The van der Waals surface area contributed by atoms with Crippen LogP contribution in [0, 0.1) is 0 Å². The summed E-state index contributed by atoms with van der Waals surface area (Å²) in [6, 6.07) is 1.78. The van der Waals surface area contributed by atoms with Crippen LogP contribution >= 0.6 is 11.3 Å². The van der Waals surface area contributed by atoms with Crippen LogP contribution in [0.3, 0.4) is 0 Å². The van der Waals surface area contributed by atoms with Gasteiger partial charge in [-0.1, -0.05) is 0 Å². The number of carbonyl (C=O) groups excluding carboxylic acids is 1. The average molecular weight is 340 g/mol. The molecule has 1 aliphatic carbocycles. The predicted molar refractivity (Wildman–Crippen MR) is 89.8 cm³/mol. The molecule has 0 aliphatic heterocycles. The van der Waals surface area contributed by atoms with Crippen molar-refractivity contribution < 1.29 is 4.79 Å². The van der Waals surface area contributed by atoms with E-state index < -0.39 is 0 Å². The lowest BCUT2D eigenvalue weighted by atomic mass is 10.2. The number of fused-ring (bicyclic) bond motifs is 1. The molecule has 3 aromatic heterocycles. The molecule has 7 nitrogen and oxygen atoms in total. The van der Waals surface area contributed by atoms with E-state index in [0.29, 0.717) is 24.5 Å². The number of nitrogens with one attached hydrogen (secondary N) is 2. The number of thiazole rings is 1. The fraction of sp³-hybridized carbons (Fsp3) is 0.312. The summed E-state index contributed by atoms with van der Waals surface area (Å²) < 4.78 is 0. The zero-order valence-electron chi connectivity index (χ0n) is 13.0. The van der Waals surface area contributed by atoms with Crippen molar-refractivity contribution in [3.05, 3.63) is 46.5 Å². The zero-order chi connectivity index (χ0) is 16.4. The summed E-state index contributed by atoms with van der Waals surface area (Å²) in [6.45, 7) is 0.527. The van der Waals surface area contributed by atoms with Gasteiger partial charge in [-0.25, -0.2) is 15.0 Å². The van der Waals surface area contributed by atoms with E-state index in [-0.39, 0.29) is 5.91 Å². The molecule has 0 fully saturated rings. The first kappa shape index (κ1) is 14.9. The number of H-pyrrole nitrogens is 1. The molecule has 0 spiro atoms. The van der Waals surface area contributed by atoms with E-state index in [1.54, 1.807) is 18.5 Å². The van der Waals surface area contributed by atoms with Gasteiger partial charge in [-0.2, -0.15) is 5.10 Å². The maximum Gasteiger partial charge on any atom is 0.272 e. The average Bonchev–Trinajstić information content (AvgIpc) is 3.32. The molecule has 2 N–H and O–H groups in total. The van der Waals surface area contributed by atoms with Gasteiger partial charge in [0.15, 0.2) is 16.5 Å². The minimum Gasteiger partial charge on any atom is -0.350 e. The van der Waals surface area contributed by atoms with E-state index >= 15 is 0 Å². The molecule has 0 unspecified atom stereocenters. The first-order chi connectivity index (χ1) is 11.8. The van der Waals surface area contributed by atoms with E-state index in [1.165, 1.54) is 11.3 Å². The van der Waals surface area contributed by atoms with Crippen LogP contribution in [0.25, 0.3) is 10.8 Å². The second kappa shape index (κ2) is 6.48. The highest BCUT2D eigenvalue weighted by Crippen LogP contribution is 2.22. The number of nitrogens with zero attached hydrogens (tertiary/aromatic N) is 4. The molecule has 8 heteroatoms. The van der Waals surface area contributed by atoms with Gasteiger partial charge in [0.05, 0.1) is 5.69 Å². The first-order valence-electron chi connectivity index (χ1n) is 7.87. The topological polar surface area (TPSA) is 96.5 Å². The van der Waals surface area contributed by atoms with Crippen molar-refractivity contribution in [1.29, 1.82) is 0 Å². The lowest BCUT2D eigenvalue weighted by Crippen LogP contribution is -2.27. The van der Waals surface area contributed by atoms with Crippen LogP contribution in [-0.2, 0) is 19.3 Å². The van der Waals surface area contributed by atoms with Crippen molar-refractivity contribution in [3.63, 3.8) is 0 Å². The van der Waals surface area contributed by atoms with Gasteiger partial charge in [0.2, 0.25) is 0 Å². The minimum atomic E-state index is -0.115. The Kier molecular flexibility index (Phi) is 4.04. The molecule has 1 aliphatic rings. The molecule has 0 aromatic carbocycles. The van der Waals surface area contributed by atoms with Crippen molar-refractivity contribution in [3.8, 4) is 10.8 Å². The van der Waals surface area contributed by atoms with E-state index in [2.05, 4.69) is 30.5 Å². The maximum absolute atomic E-state index is 12.3. The van der Waals surface area contributed by atoms with Crippen molar-refractivity contribution in [2.45, 2.75) is 25.7 Å². The molecule has 3 heterocycles. The van der Waals surface area contributed by atoms with Gasteiger partial charge in [0, 0.05) is 42.0 Å². The SMILES string of the molecule is O=C(NCCc1csc(-c2ncccn2)n1)c1n[nH]c2c1CCC2. The molecular weight excluding hydrogens is 324 g/mol. The number of hydrogen-bond acceptors (Lipinski definition) is 6. The number of hydrogen-bond donors (Lipinski definition) is 2. The summed E-state index contributed by atoms with van der Waals surface area (Å²) >= 11 is 1.51. The second-order valence-electron chi connectivity index (χ2n) is 5.61. The summed E-state index contributed by atoms with van der Waals surface area (Å²) in [5, 5.41) is 12.8. The Morgan fingerprint density at radius 3 is 3.04 bits per heavy atom. The standard InChI is InChI=1S/C16H16N6OS/c23-15(13-11-3-1-4-12(11)21-22-13)19-8-5-10-9-24-16(20-10)14-17-6-2-7-18-14/h2,6-7,9H,1,3-5,8H2,(H,19,23)(H,21,22). The molecule has 3 aromatic rings. The highest BCUT2D eigenvalue weighted by atomic mass is 32.1. The minimum absolute atomic E-state index is 0.115. The van der Waals surface area contributed by atoms with E-state index in [1.807, 2.05) is 5.38 Å². The normalized spacial score (nSPS) is 13.0. The van der Waals surface area contributed by atoms with Crippen molar-refractivity contribution in [2.75, 3.05) is 6.54 Å².